The molecular weight excluding hydrogens is 330 g/mol. The summed E-state index contributed by atoms with van der Waals surface area (Å²) < 4.78 is 13.0. The lowest BCUT2D eigenvalue weighted by molar-refractivity contribution is -0.116. The molecule has 0 spiro atoms. The van der Waals surface area contributed by atoms with Crippen molar-refractivity contribution in [3.05, 3.63) is 66.1 Å². The normalized spacial score (nSPS) is 13.2. The zero-order chi connectivity index (χ0) is 17.8. The Morgan fingerprint density at radius 2 is 2.08 bits per heavy atom. The van der Waals surface area contributed by atoms with Crippen LogP contribution in [0, 0.1) is 0 Å². The average molecular weight is 349 g/mol. The standard InChI is InChI=1S/C20H19N3O3/c24-20(7-5-15-4-6-17-18(13-15)26-12-11-25-17)21-9-8-16-14-23-10-2-1-3-19(23)22-16/h1-7,10,13-14H,8-9,11-12H2,(H,21,24)/b7-5-. The monoisotopic (exact) mass is 349 g/mol. The van der Waals surface area contributed by atoms with Crippen molar-refractivity contribution in [1.82, 2.24) is 14.7 Å². The second kappa shape index (κ2) is 7.31. The van der Waals surface area contributed by atoms with Gasteiger partial charge in [-0.25, -0.2) is 4.98 Å². The number of rotatable bonds is 5. The van der Waals surface area contributed by atoms with E-state index in [0.29, 0.717) is 31.9 Å². The van der Waals surface area contributed by atoms with E-state index in [-0.39, 0.29) is 5.91 Å². The van der Waals surface area contributed by atoms with E-state index in [0.717, 1.165) is 22.7 Å². The van der Waals surface area contributed by atoms with Gasteiger partial charge in [0.2, 0.25) is 5.91 Å². The van der Waals surface area contributed by atoms with Gasteiger partial charge in [-0.05, 0) is 35.9 Å². The van der Waals surface area contributed by atoms with Crippen LogP contribution in [0.5, 0.6) is 11.5 Å². The van der Waals surface area contributed by atoms with Gasteiger partial charge in [-0.1, -0.05) is 12.1 Å². The first-order chi connectivity index (χ1) is 12.8. The zero-order valence-corrected chi connectivity index (χ0v) is 14.2. The molecule has 0 atom stereocenters. The lowest BCUT2D eigenvalue weighted by atomic mass is 10.2. The second-order valence-electron chi connectivity index (χ2n) is 5.98. The summed E-state index contributed by atoms with van der Waals surface area (Å²) in [5, 5.41) is 2.88. The summed E-state index contributed by atoms with van der Waals surface area (Å²) in [6.45, 7) is 1.65. The van der Waals surface area contributed by atoms with Gasteiger partial charge < -0.3 is 19.2 Å². The van der Waals surface area contributed by atoms with Crippen LogP contribution in [0.4, 0.5) is 0 Å². The molecule has 26 heavy (non-hydrogen) atoms. The van der Waals surface area contributed by atoms with Crippen LogP contribution in [-0.2, 0) is 11.2 Å². The fourth-order valence-corrected chi connectivity index (χ4v) is 2.82. The number of fused-ring (bicyclic) bond motifs is 2. The lowest BCUT2D eigenvalue weighted by Crippen LogP contribution is -2.23. The second-order valence-corrected chi connectivity index (χ2v) is 5.98. The molecule has 0 saturated heterocycles. The van der Waals surface area contributed by atoms with Gasteiger partial charge in [-0.3, -0.25) is 4.79 Å². The molecule has 2 aromatic heterocycles. The molecule has 6 heteroatoms. The highest BCUT2D eigenvalue weighted by Crippen LogP contribution is 2.31. The molecule has 1 amide bonds. The van der Waals surface area contributed by atoms with Crippen LogP contribution in [0.25, 0.3) is 11.7 Å². The molecule has 0 radical (unpaired) electrons. The minimum Gasteiger partial charge on any atom is -0.486 e. The van der Waals surface area contributed by atoms with Crippen molar-refractivity contribution < 1.29 is 14.3 Å². The molecule has 1 aliphatic heterocycles. The topological polar surface area (TPSA) is 64.9 Å². The van der Waals surface area contributed by atoms with Crippen molar-refractivity contribution in [3.63, 3.8) is 0 Å². The largest absolute Gasteiger partial charge is 0.486 e. The number of aromatic nitrogens is 2. The molecule has 1 aliphatic rings. The van der Waals surface area contributed by atoms with Crippen LogP contribution in [0.3, 0.4) is 0 Å². The van der Waals surface area contributed by atoms with Gasteiger partial charge in [0.1, 0.15) is 18.9 Å². The Kier molecular flexibility index (Phi) is 4.55. The summed E-state index contributed by atoms with van der Waals surface area (Å²) >= 11 is 0. The first kappa shape index (κ1) is 16.2. The first-order valence-corrected chi connectivity index (χ1v) is 8.56. The van der Waals surface area contributed by atoms with Crippen molar-refractivity contribution in [2.24, 2.45) is 0 Å². The Bertz CT molecular complexity index is 929. The van der Waals surface area contributed by atoms with Crippen LogP contribution in [-0.4, -0.2) is 35.1 Å². The summed E-state index contributed by atoms with van der Waals surface area (Å²) in [6.07, 6.45) is 7.91. The van der Waals surface area contributed by atoms with Crippen molar-refractivity contribution in [1.29, 1.82) is 0 Å². The Balaban J connectivity index is 1.30. The first-order valence-electron chi connectivity index (χ1n) is 8.56. The van der Waals surface area contributed by atoms with E-state index in [1.165, 1.54) is 6.08 Å². The number of nitrogens with one attached hydrogen (secondary N) is 1. The Morgan fingerprint density at radius 3 is 2.96 bits per heavy atom. The highest BCUT2D eigenvalue weighted by molar-refractivity contribution is 5.91. The maximum Gasteiger partial charge on any atom is 0.244 e. The van der Waals surface area contributed by atoms with Crippen LogP contribution in [0.2, 0.25) is 0 Å². The molecule has 0 saturated carbocycles. The third-order valence-electron chi connectivity index (χ3n) is 4.09. The van der Waals surface area contributed by atoms with Gasteiger partial charge >= 0.3 is 0 Å². The fraction of sp³-hybridized carbons (Fsp3) is 0.200. The Labute approximate surface area is 151 Å². The molecule has 6 nitrogen and oxygen atoms in total. The van der Waals surface area contributed by atoms with Gasteiger partial charge in [-0.2, -0.15) is 0 Å². The third kappa shape index (κ3) is 3.69. The molecule has 3 aromatic rings. The maximum absolute atomic E-state index is 12.0. The minimum absolute atomic E-state index is 0.136. The molecule has 0 aliphatic carbocycles. The van der Waals surface area contributed by atoms with Crippen LogP contribution < -0.4 is 14.8 Å². The SMILES string of the molecule is O=C(/C=C\c1ccc2c(c1)OCCO2)NCCc1cn2ccccc2n1. The maximum atomic E-state index is 12.0. The number of carbonyl (C=O) groups excluding carboxylic acids is 1. The number of carbonyl (C=O) groups is 1. The number of hydrogen-bond donors (Lipinski definition) is 1. The number of ether oxygens (including phenoxy) is 2. The molecule has 0 unspecified atom stereocenters. The summed E-state index contributed by atoms with van der Waals surface area (Å²) in [5.74, 6) is 1.32. The predicted molar refractivity (Wildman–Crippen MR) is 98.4 cm³/mol. The molecular formula is C20H19N3O3. The van der Waals surface area contributed by atoms with E-state index in [1.807, 2.05) is 53.2 Å². The zero-order valence-electron chi connectivity index (χ0n) is 14.2. The van der Waals surface area contributed by atoms with Crippen LogP contribution in [0.1, 0.15) is 11.3 Å². The summed E-state index contributed by atoms with van der Waals surface area (Å²) in [4.78, 5) is 16.5. The van der Waals surface area contributed by atoms with Crippen LogP contribution >= 0.6 is 0 Å². The number of pyridine rings is 1. The molecule has 4 rings (SSSR count). The number of nitrogens with zero attached hydrogens (tertiary/aromatic N) is 2. The smallest absolute Gasteiger partial charge is 0.244 e. The molecule has 1 N–H and O–H groups in total. The van der Waals surface area contributed by atoms with Crippen molar-refractivity contribution in [2.45, 2.75) is 6.42 Å². The summed E-state index contributed by atoms with van der Waals surface area (Å²) in [5.41, 5.74) is 2.75. The molecule has 132 valence electrons. The van der Waals surface area contributed by atoms with E-state index in [2.05, 4.69) is 10.3 Å². The van der Waals surface area contributed by atoms with E-state index < -0.39 is 0 Å². The lowest BCUT2D eigenvalue weighted by Gasteiger charge is -2.18. The Morgan fingerprint density at radius 1 is 1.19 bits per heavy atom. The summed E-state index contributed by atoms with van der Waals surface area (Å²) in [7, 11) is 0. The van der Waals surface area contributed by atoms with Crippen molar-refractivity contribution >= 4 is 17.6 Å². The number of imidazole rings is 1. The molecule has 1 aromatic carbocycles. The third-order valence-corrected chi connectivity index (χ3v) is 4.09. The van der Waals surface area contributed by atoms with E-state index in [1.54, 1.807) is 6.08 Å². The van der Waals surface area contributed by atoms with Gasteiger partial charge in [0, 0.05) is 31.4 Å². The quantitative estimate of drug-likeness (QED) is 0.719. The molecule has 0 bridgehead atoms. The van der Waals surface area contributed by atoms with Crippen molar-refractivity contribution in [3.8, 4) is 11.5 Å². The predicted octanol–water partition coefficient (Wildman–Crippen LogP) is 2.48. The van der Waals surface area contributed by atoms with Crippen molar-refractivity contribution in [2.75, 3.05) is 19.8 Å². The highest BCUT2D eigenvalue weighted by Gasteiger charge is 2.10. The highest BCUT2D eigenvalue weighted by atomic mass is 16.6. The van der Waals surface area contributed by atoms with Gasteiger partial charge in [0.05, 0.1) is 5.69 Å². The number of benzene rings is 1. The number of amides is 1. The van der Waals surface area contributed by atoms with E-state index in [4.69, 9.17) is 9.47 Å². The van der Waals surface area contributed by atoms with Gasteiger partial charge in [-0.15, -0.1) is 0 Å². The van der Waals surface area contributed by atoms with E-state index in [9.17, 15) is 4.79 Å². The van der Waals surface area contributed by atoms with Gasteiger partial charge in [0.25, 0.3) is 0 Å². The van der Waals surface area contributed by atoms with E-state index >= 15 is 0 Å². The van der Waals surface area contributed by atoms with Crippen LogP contribution in [0.15, 0.2) is 54.9 Å². The van der Waals surface area contributed by atoms with Gasteiger partial charge in [0.15, 0.2) is 11.5 Å². The fourth-order valence-electron chi connectivity index (χ4n) is 2.82. The Hall–Kier alpha value is -3.28. The minimum atomic E-state index is -0.136. The molecule has 3 heterocycles. The average Bonchev–Trinajstić information content (AvgIpc) is 3.09. The molecule has 0 fully saturated rings. The summed E-state index contributed by atoms with van der Waals surface area (Å²) in [6, 6.07) is 11.5. The number of hydrogen-bond acceptors (Lipinski definition) is 4.